The van der Waals surface area contributed by atoms with Gasteiger partial charge >= 0.3 is 0 Å². The Morgan fingerprint density at radius 3 is 1.53 bits per heavy atom. The molecule has 0 aliphatic rings. The molecule has 0 radical (unpaired) electrons. The molecule has 8 aromatic carbocycles. The summed E-state index contributed by atoms with van der Waals surface area (Å²) in [6, 6.07) is 28.2. The van der Waals surface area contributed by atoms with E-state index >= 15 is 0 Å². The summed E-state index contributed by atoms with van der Waals surface area (Å²) in [5.74, 6) is 0. The van der Waals surface area contributed by atoms with Crippen LogP contribution in [0.4, 0.5) is 0 Å². The third-order valence-corrected chi connectivity index (χ3v) is 7.29. The van der Waals surface area contributed by atoms with E-state index in [2.05, 4.69) is 42.5 Å². The van der Waals surface area contributed by atoms with Crippen molar-refractivity contribution in [1.82, 2.24) is 0 Å². The van der Waals surface area contributed by atoms with Crippen molar-refractivity contribution in [2.75, 3.05) is 0 Å². The summed E-state index contributed by atoms with van der Waals surface area (Å²) >= 11 is 0. The highest BCUT2D eigenvalue weighted by Crippen LogP contribution is 2.44. The highest BCUT2D eigenvalue weighted by Gasteiger charge is 2.23. The van der Waals surface area contributed by atoms with Crippen LogP contribution >= 0.6 is 0 Å². The van der Waals surface area contributed by atoms with Gasteiger partial charge in [-0.3, -0.25) is 9.59 Å². The minimum Gasteiger partial charge on any atom is -0.289 e. The molecule has 32 heavy (non-hydrogen) atoms. The minimum atomic E-state index is 0.0384. The number of hydrogen-bond donors (Lipinski definition) is 0. The van der Waals surface area contributed by atoms with E-state index in [4.69, 9.17) is 0 Å². The molecule has 0 aliphatic heterocycles. The summed E-state index contributed by atoms with van der Waals surface area (Å²) in [7, 11) is 0. The van der Waals surface area contributed by atoms with Crippen molar-refractivity contribution in [2.24, 2.45) is 0 Å². The minimum absolute atomic E-state index is 0.0384. The number of fused-ring (bicyclic) bond motifs is 9. The van der Waals surface area contributed by atoms with Gasteiger partial charge in [-0.1, -0.05) is 72.8 Å². The van der Waals surface area contributed by atoms with Gasteiger partial charge in [-0.25, -0.2) is 0 Å². The van der Waals surface area contributed by atoms with Gasteiger partial charge in [0.2, 0.25) is 0 Å². The molecule has 0 N–H and O–H groups in total. The molecule has 146 valence electrons. The van der Waals surface area contributed by atoms with E-state index < -0.39 is 0 Å². The normalized spacial score (nSPS) is 12.6. The Morgan fingerprint density at radius 1 is 0.312 bits per heavy atom. The zero-order valence-electron chi connectivity index (χ0n) is 16.9. The fourth-order valence-corrected chi connectivity index (χ4v) is 6.04. The molecule has 0 unspecified atom stereocenters. The van der Waals surface area contributed by atoms with Gasteiger partial charge in [0.25, 0.3) is 0 Å². The van der Waals surface area contributed by atoms with Crippen LogP contribution in [0.2, 0.25) is 0 Å². The van der Waals surface area contributed by atoms with Crippen molar-refractivity contribution in [1.29, 1.82) is 0 Å². The van der Waals surface area contributed by atoms with Crippen molar-refractivity contribution in [3.05, 3.63) is 105 Å². The second kappa shape index (κ2) is 5.30. The molecule has 0 bridgehead atoms. The smallest absolute Gasteiger partial charge is 0.194 e. The largest absolute Gasteiger partial charge is 0.289 e. The van der Waals surface area contributed by atoms with Gasteiger partial charge in [0.15, 0.2) is 10.9 Å². The summed E-state index contributed by atoms with van der Waals surface area (Å²) in [6.07, 6.45) is 0. The summed E-state index contributed by atoms with van der Waals surface area (Å²) < 4.78 is 0. The molecule has 0 saturated heterocycles. The average molecular weight is 406 g/mol. The lowest BCUT2D eigenvalue weighted by Gasteiger charge is -2.12. The molecule has 8 aromatic rings. The average Bonchev–Trinajstić information content (AvgIpc) is 3.30. The lowest BCUT2D eigenvalue weighted by Crippen LogP contribution is -1.96. The number of rotatable bonds is 0. The van der Waals surface area contributed by atoms with Gasteiger partial charge < -0.3 is 0 Å². The van der Waals surface area contributed by atoms with Crippen molar-refractivity contribution >= 4 is 75.4 Å². The maximum Gasteiger partial charge on any atom is 0.194 e. The van der Waals surface area contributed by atoms with Crippen molar-refractivity contribution in [2.45, 2.75) is 0 Å². The van der Waals surface area contributed by atoms with E-state index in [0.717, 1.165) is 48.5 Å². The van der Waals surface area contributed by atoms with Gasteiger partial charge in [-0.2, -0.15) is 0 Å². The standard InChI is InChI=1S/C30H14O2/c31-29-18-8-2-1-7-17(18)25-21(29)13-14-22-27(25)26-19-9-3-5-15-11-12-16-6-4-10-20(24(16)23(15)19)28(26)30(22)32/h1-14H. The van der Waals surface area contributed by atoms with Crippen molar-refractivity contribution in [3.8, 4) is 0 Å². The van der Waals surface area contributed by atoms with Crippen LogP contribution in [-0.4, -0.2) is 0 Å². The van der Waals surface area contributed by atoms with Gasteiger partial charge in [-0.05, 0) is 49.8 Å². The number of hydrogen-bond acceptors (Lipinski definition) is 2. The number of benzene rings is 6. The van der Waals surface area contributed by atoms with E-state index in [1.165, 1.54) is 10.8 Å². The molecule has 0 fully saturated rings. The SMILES string of the molecule is O=c1c2ccccc2c2c1ccc1c(=O)c3c4cccc5ccc6cccc(c6c54)c3c12. The van der Waals surface area contributed by atoms with E-state index in [0.29, 0.717) is 16.2 Å². The molecular formula is C30H14O2. The summed E-state index contributed by atoms with van der Waals surface area (Å²) in [4.78, 5) is 27.0. The van der Waals surface area contributed by atoms with Crippen LogP contribution in [0, 0.1) is 0 Å². The summed E-state index contributed by atoms with van der Waals surface area (Å²) in [6.45, 7) is 0. The molecule has 0 heterocycles. The maximum absolute atomic E-state index is 13.9. The Hall–Kier alpha value is -4.30. The Kier molecular flexibility index (Phi) is 2.71. The van der Waals surface area contributed by atoms with Crippen LogP contribution in [0.3, 0.4) is 0 Å². The van der Waals surface area contributed by atoms with Gasteiger partial charge in [-0.15, -0.1) is 0 Å². The zero-order chi connectivity index (χ0) is 21.1. The first-order valence-electron chi connectivity index (χ1n) is 10.8. The van der Waals surface area contributed by atoms with Crippen LogP contribution in [-0.2, 0) is 0 Å². The van der Waals surface area contributed by atoms with Gasteiger partial charge in [0.05, 0.1) is 0 Å². The molecule has 0 atom stereocenters. The highest BCUT2D eigenvalue weighted by atomic mass is 16.1. The molecule has 0 aliphatic carbocycles. The first-order chi connectivity index (χ1) is 15.7. The third-order valence-electron chi connectivity index (χ3n) is 7.29. The maximum atomic E-state index is 13.9. The van der Waals surface area contributed by atoms with Crippen molar-refractivity contribution in [3.63, 3.8) is 0 Å². The van der Waals surface area contributed by atoms with Gasteiger partial charge in [0.1, 0.15) is 0 Å². The second-order valence-corrected chi connectivity index (χ2v) is 8.74. The monoisotopic (exact) mass is 406 g/mol. The molecule has 0 saturated carbocycles. The molecular weight excluding hydrogens is 392 g/mol. The lowest BCUT2D eigenvalue weighted by molar-refractivity contribution is 1.80. The topological polar surface area (TPSA) is 34.1 Å². The van der Waals surface area contributed by atoms with Crippen LogP contribution in [0.15, 0.2) is 94.5 Å². The fraction of sp³-hybridized carbons (Fsp3) is 0. The predicted octanol–water partition coefficient (Wildman–Crippen LogP) is 6.79. The van der Waals surface area contributed by atoms with E-state index in [-0.39, 0.29) is 10.9 Å². The molecule has 2 nitrogen and oxygen atoms in total. The van der Waals surface area contributed by atoms with Crippen LogP contribution in [0.25, 0.3) is 75.4 Å². The second-order valence-electron chi connectivity index (χ2n) is 8.74. The van der Waals surface area contributed by atoms with E-state index in [1.54, 1.807) is 0 Å². The molecule has 8 rings (SSSR count). The van der Waals surface area contributed by atoms with Gasteiger partial charge in [0, 0.05) is 37.7 Å². The Labute approximate surface area is 180 Å². The highest BCUT2D eigenvalue weighted by molar-refractivity contribution is 6.42. The van der Waals surface area contributed by atoms with E-state index in [9.17, 15) is 9.59 Å². The Bertz CT molecular complexity index is 2170. The predicted molar refractivity (Wildman–Crippen MR) is 135 cm³/mol. The van der Waals surface area contributed by atoms with Crippen molar-refractivity contribution < 1.29 is 0 Å². The lowest BCUT2D eigenvalue weighted by atomic mass is 9.90. The summed E-state index contributed by atoms with van der Waals surface area (Å²) in [5, 5.41) is 13.3. The van der Waals surface area contributed by atoms with Crippen LogP contribution in [0.5, 0.6) is 0 Å². The van der Waals surface area contributed by atoms with Crippen LogP contribution in [0.1, 0.15) is 0 Å². The fourth-order valence-electron chi connectivity index (χ4n) is 6.04. The molecule has 2 heteroatoms. The molecule has 0 aromatic heterocycles. The Balaban J connectivity index is 1.86. The molecule has 0 amide bonds. The first kappa shape index (κ1) is 16.4. The van der Waals surface area contributed by atoms with Crippen LogP contribution < -0.4 is 10.9 Å². The zero-order valence-corrected chi connectivity index (χ0v) is 16.9. The quantitative estimate of drug-likeness (QED) is 0.260. The summed E-state index contributed by atoms with van der Waals surface area (Å²) in [5.41, 5.74) is 0.0880. The Morgan fingerprint density at radius 2 is 0.844 bits per heavy atom. The molecule has 0 spiro atoms. The first-order valence-corrected chi connectivity index (χ1v) is 10.8. The third kappa shape index (κ3) is 1.68. The van der Waals surface area contributed by atoms with E-state index in [1.807, 2.05) is 42.5 Å².